The molecule has 0 aliphatic heterocycles. The van der Waals surface area contributed by atoms with Gasteiger partial charge in [0.05, 0.1) is 6.54 Å². The van der Waals surface area contributed by atoms with E-state index >= 15 is 0 Å². The fourth-order valence-electron chi connectivity index (χ4n) is 1.71. The number of aryl methyl sites for hydroxylation is 1. The Kier molecular flexibility index (Phi) is 6.14. The van der Waals surface area contributed by atoms with Crippen molar-refractivity contribution in [3.8, 4) is 0 Å². The van der Waals surface area contributed by atoms with Crippen molar-refractivity contribution in [2.24, 2.45) is 5.92 Å². The van der Waals surface area contributed by atoms with E-state index < -0.39 is 0 Å². The van der Waals surface area contributed by atoms with Gasteiger partial charge in [0.25, 0.3) is 0 Å². The van der Waals surface area contributed by atoms with Crippen LogP contribution in [0.15, 0.2) is 18.2 Å². The van der Waals surface area contributed by atoms with Crippen LogP contribution in [0.2, 0.25) is 0 Å². The number of halogens is 1. The van der Waals surface area contributed by atoms with E-state index in [4.69, 9.17) is 0 Å². The number of rotatable bonds is 6. The molecule has 0 saturated heterocycles. The van der Waals surface area contributed by atoms with Gasteiger partial charge < -0.3 is 10.6 Å². The van der Waals surface area contributed by atoms with Gasteiger partial charge in [-0.1, -0.05) is 26.0 Å². The van der Waals surface area contributed by atoms with Crippen LogP contribution in [0, 0.1) is 18.7 Å². The minimum Gasteiger partial charge on any atom is -0.352 e. The highest BCUT2D eigenvalue weighted by Gasteiger charge is 2.12. The molecule has 3 nitrogen and oxygen atoms in total. The van der Waals surface area contributed by atoms with Crippen molar-refractivity contribution in [2.75, 3.05) is 6.54 Å². The van der Waals surface area contributed by atoms with Gasteiger partial charge >= 0.3 is 0 Å². The van der Waals surface area contributed by atoms with Crippen LogP contribution in [-0.4, -0.2) is 18.5 Å². The molecule has 0 heterocycles. The van der Waals surface area contributed by atoms with Crippen LogP contribution in [0.25, 0.3) is 0 Å². The highest BCUT2D eigenvalue weighted by Crippen LogP contribution is 2.15. The maximum atomic E-state index is 13.5. The Labute approximate surface area is 121 Å². The Morgan fingerprint density at radius 1 is 1.25 bits per heavy atom. The molecule has 1 aromatic carbocycles. The average molecular weight is 280 g/mol. The van der Waals surface area contributed by atoms with E-state index in [1.807, 2.05) is 19.9 Å². The van der Waals surface area contributed by atoms with Gasteiger partial charge in [-0.25, -0.2) is 4.39 Å². The first kappa shape index (κ1) is 16.6. The van der Waals surface area contributed by atoms with Crippen LogP contribution in [0.5, 0.6) is 0 Å². The molecule has 0 spiro atoms. The predicted octanol–water partition coefficient (Wildman–Crippen LogP) is 2.95. The zero-order valence-electron chi connectivity index (χ0n) is 13.0. The van der Waals surface area contributed by atoms with E-state index in [0.29, 0.717) is 11.5 Å². The van der Waals surface area contributed by atoms with Crippen LogP contribution in [-0.2, 0) is 4.79 Å². The lowest BCUT2D eigenvalue weighted by molar-refractivity contribution is -0.121. The van der Waals surface area contributed by atoms with Crippen LogP contribution < -0.4 is 10.6 Å². The van der Waals surface area contributed by atoms with E-state index in [-0.39, 0.29) is 30.4 Å². The Balaban J connectivity index is 2.48. The molecule has 1 amide bonds. The number of carbonyl (C=O) groups is 1. The van der Waals surface area contributed by atoms with E-state index in [1.54, 1.807) is 13.0 Å². The number of hydrogen-bond acceptors (Lipinski definition) is 2. The summed E-state index contributed by atoms with van der Waals surface area (Å²) in [5.41, 5.74) is 1.47. The Bertz CT molecular complexity index is 460. The largest absolute Gasteiger partial charge is 0.352 e. The van der Waals surface area contributed by atoms with Crippen LogP contribution in [0.3, 0.4) is 0 Å². The van der Waals surface area contributed by atoms with E-state index in [0.717, 1.165) is 5.56 Å². The summed E-state index contributed by atoms with van der Waals surface area (Å²) in [7, 11) is 0. The van der Waals surface area contributed by atoms with Crippen molar-refractivity contribution in [3.05, 3.63) is 35.1 Å². The summed E-state index contributed by atoms with van der Waals surface area (Å²) in [6, 6.07) is 5.23. The molecular formula is C16H25FN2O. The summed E-state index contributed by atoms with van der Waals surface area (Å²) < 4.78 is 13.5. The molecule has 2 unspecified atom stereocenters. The number of nitrogens with one attached hydrogen (secondary N) is 2. The lowest BCUT2D eigenvalue weighted by atomic mass is 10.1. The quantitative estimate of drug-likeness (QED) is 0.841. The summed E-state index contributed by atoms with van der Waals surface area (Å²) >= 11 is 0. The third-order valence-corrected chi connectivity index (χ3v) is 3.65. The molecule has 0 aliphatic rings. The minimum absolute atomic E-state index is 0.0365. The molecule has 1 rings (SSSR count). The Morgan fingerprint density at radius 3 is 2.45 bits per heavy atom. The smallest absolute Gasteiger partial charge is 0.234 e. The lowest BCUT2D eigenvalue weighted by Gasteiger charge is -2.19. The maximum absolute atomic E-state index is 13.5. The van der Waals surface area contributed by atoms with Crippen molar-refractivity contribution >= 4 is 5.91 Å². The lowest BCUT2D eigenvalue weighted by Crippen LogP contribution is -2.41. The molecule has 4 heteroatoms. The Morgan fingerprint density at radius 2 is 1.90 bits per heavy atom. The van der Waals surface area contributed by atoms with Gasteiger partial charge in [0, 0.05) is 12.1 Å². The zero-order chi connectivity index (χ0) is 15.3. The van der Waals surface area contributed by atoms with E-state index in [9.17, 15) is 9.18 Å². The standard InChI is InChI=1S/C16H25FN2O/c1-10(2)12(4)19-16(20)9-18-13(5)14-7-6-11(3)15(17)8-14/h6-8,10,12-13,18H,9H2,1-5H3,(H,19,20). The zero-order valence-corrected chi connectivity index (χ0v) is 13.0. The molecule has 0 fully saturated rings. The monoisotopic (exact) mass is 280 g/mol. The van der Waals surface area contributed by atoms with E-state index in [1.165, 1.54) is 6.07 Å². The van der Waals surface area contributed by atoms with Crippen molar-refractivity contribution in [3.63, 3.8) is 0 Å². The maximum Gasteiger partial charge on any atom is 0.234 e. The van der Waals surface area contributed by atoms with Gasteiger partial charge in [-0.05, 0) is 43.9 Å². The number of hydrogen-bond donors (Lipinski definition) is 2. The third-order valence-electron chi connectivity index (χ3n) is 3.65. The van der Waals surface area contributed by atoms with Crippen molar-refractivity contribution in [1.82, 2.24) is 10.6 Å². The fraction of sp³-hybridized carbons (Fsp3) is 0.562. The molecule has 0 saturated carbocycles. The molecule has 2 atom stereocenters. The summed E-state index contributed by atoms with van der Waals surface area (Å²) in [6.07, 6.45) is 0. The molecule has 1 aromatic rings. The molecule has 112 valence electrons. The van der Waals surface area contributed by atoms with Gasteiger partial charge in [-0.3, -0.25) is 4.79 Å². The first-order valence-electron chi connectivity index (χ1n) is 7.10. The topological polar surface area (TPSA) is 41.1 Å². The first-order valence-corrected chi connectivity index (χ1v) is 7.10. The average Bonchev–Trinajstić information content (AvgIpc) is 2.39. The van der Waals surface area contributed by atoms with Crippen molar-refractivity contribution < 1.29 is 9.18 Å². The number of carbonyl (C=O) groups excluding carboxylic acids is 1. The van der Waals surface area contributed by atoms with E-state index in [2.05, 4.69) is 24.5 Å². The van der Waals surface area contributed by atoms with Gasteiger partial charge in [0.2, 0.25) is 5.91 Å². The summed E-state index contributed by atoms with van der Waals surface area (Å²) in [5.74, 6) is 0.155. The van der Waals surface area contributed by atoms with Crippen LogP contribution in [0.1, 0.15) is 44.9 Å². The summed E-state index contributed by atoms with van der Waals surface area (Å²) in [6.45, 7) is 10.0. The van der Waals surface area contributed by atoms with Crippen LogP contribution in [0.4, 0.5) is 4.39 Å². The molecule has 2 N–H and O–H groups in total. The van der Waals surface area contributed by atoms with Gasteiger partial charge in [-0.2, -0.15) is 0 Å². The minimum atomic E-state index is -0.214. The fourth-order valence-corrected chi connectivity index (χ4v) is 1.71. The molecular weight excluding hydrogens is 255 g/mol. The van der Waals surface area contributed by atoms with Gasteiger partial charge in [-0.15, -0.1) is 0 Å². The second-order valence-electron chi connectivity index (χ2n) is 5.71. The number of amides is 1. The molecule has 0 aromatic heterocycles. The summed E-state index contributed by atoms with van der Waals surface area (Å²) in [4.78, 5) is 11.8. The molecule has 0 radical (unpaired) electrons. The van der Waals surface area contributed by atoms with Gasteiger partial charge in [0.15, 0.2) is 0 Å². The summed E-state index contributed by atoms with van der Waals surface area (Å²) in [5, 5.41) is 6.04. The van der Waals surface area contributed by atoms with Crippen LogP contribution >= 0.6 is 0 Å². The van der Waals surface area contributed by atoms with Crippen molar-refractivity contribution in [2.45, 2.75) is 46.7 Å². The predicted molar refractivity (Wildman–Crippen MR) is 80.0 cm³/mol. The second kappa shape index (κ2) is 7.39. The molecule has 0 bridgehead atoms. The Hall–Kier alpha value is -1.42. The molecule has 0 aliphatic carbocycles. The van der Waals surface area contributed by atoms with Gasteiger partial charge in [0.1, 0.15) is 5.82 Å². The highest BCUT2D eigenvalue weighted by atomic mass is 19.1. The SMILES string of the molecule is Cc1ccc(C(C)NCC(=O)NC(C)C(C)C)cc1F. The number of benzene rings is 1. The molecule has 20 heavy (non-hydrogen) atoms. The highest BCUT2D eigenvalue weighted by molar-refractivity contribution is 5.78. The third kappa shape index (κ3) is 4.93. The first-order chi connectivity index (χ1) is 9.31. The normalized spacial score (nSPS) is 14.2. The van der Waals surface area contributed by atoms with Crippen molar-refractivity contribution in [1.29, 1.82) is 0 Å². The second-order valence-corrected chi connectivity index (χ2v) is 5.71.